The van der Waals surface area contributed by atoms with Gasteiger partial charge < -0.3 is 113 Å². The van der Waals surface area contributed by atoms with Crippen molar-refractivity contribution in [1.29, 1.82) is 0 Å². The second-order valence-corrected chi connectivity index (χ2v) is 30.4. The number of ether oxygens (including phenoxy) is 21. The van der Waals surface area contributed by atoms with Crippen molar-refractivity contribution < 1.29 is 162 Å². The lowest BCUT2D eigenvalue weighted by Crippen LogP contribution is -2.18. The highest BCUT2D eigenvalue weighted by molar-refractivity contribution is 7.13. The number of nitrogens with zero attached hydrogens (tertiary/aromatic N) is 8. The molecule has 0 saturated heterocycles. The van der Waals surface area contributed by atoms with Crippen LogP contribution in [0, 0.1) is 0 Å². The first-order valence-corrected chi connectivity index (χ1v) is 44.2. The number of hydrogen-bond donors (Lipinski definition) is 0. The van der Waals surface area contributed by atoms with Gasteiger partial charge in [0.05, 0.1) is 186 Å². The van der Waals surface area contributed by atoms with Gasteiger partial charge in [0.25, 0.3) is 0 Å². The van der Waals surface area contributed by atoms with E-state index in [0.29, 0.717) is 140 Å². The quantitative estimate of drug-likeness (QED) is 0.0148. The fourth-order valence-electron chi connectivity index (χ4n) is 11.8. The molecule has 0 N–H and O–H groups in total. The first-order chi connectivity index (χ1) is 65.6. The van der Waals surface area contributed by atoms with Crippen LogP contribution in [0.4, 0.5) is 9.59 Å². The van der Waals surface area contributed by atoms with E-state index in [4.69, 9.17) is 75.8 Å². The third-order valence-electron chi connectivity index (χ3n) is 18.2. The van der Waals surface area contributed by atoms with E-state index in [-0.39, 0.29) is 145 Å². The van der Waals surface area contributed by atoms with Gasteiger partial charge in [-0.15, -0.1) is 45.3 Å². The number of carbonyl (C=O) groups excluding carboxylic acids is 13. The number of methoxy groups -OCH3 is 8. The first-order valence-electron chi connectivity index (χ1n) is 40.7. The third kappa shape index (κ3) is 31.7. The minimum absolute atomic E-state index is 0.00124. The minimum atomic E-state index is -0.863. The molecule has 0 unspecified atom stereocenters. The molecule has 135 heavy (non-hydrogen) atoms. The van der Waals surface area contributed by atoms with E-state index in [1.165, 1.54) is 67.8 Å². The molecular weight excluding hydrogens is 1850 g/mol. The maximum absolute atomic E-state index is 13.1. The summed E-state index contributed by atoms with van der Waals surface area (Å²) in [7, 11) is 11.0. The second kappa shape index (κ2) is 56.8. The van der Waals surface area contributed by atoms with E-state index in [1.54, 1.807) is 126 Å². The number of ketones is 4. The zero-order valence-corrected chi connectivity index (χ0v) is 77.7. The summed E-state index contributed by atoms with van der Waals surface area (Å²) in [5.74, 6) is -5.59. The van der Waals surface area contributed by atoms with Gasteiger partial charge in [0.2, 0.25) is 23.1 Å². The molecule has 0 bridgehead atoms. The number of fused-ring (bicyclic) bond motifs is 4. The topological polar surface area (TPSA) is 487 Å². The molecule has 0 saturated carbocycles. The fraction of sp³-hybridized carbons (Fsp3) is 0.360. The Morgan fingerprint density at radius 2 is 0.541 bits per heavy atom. The normalized spacial score (nSPS) is 10.9. The molecule has 0 fully saturated rings. The maximum atomic E-state index is 13.1. The summed E-state index contributed by atoms with van der Waals surface area (Å²) in [4.78, 5) is 175. The monoisotopic (exact) mass is 1950 g/mol. The molecule has 0 spiro atoms. The van der Waals surface area contributed by atoms with Crippen molar-refractivity contribution in [1.82, 2.24) is 38.2 Å². The predicted molar refractivity (Wildman–Crippen MR) is 481 cm³/mol. The lowest BCUT2D eigenvalue weighted by Gasteiger charge is -2.09. The molecule has 42 nitrogen and oxygen atoms in total. The van der Waals surface area contributed by atoms with Crippen LogP contribution >= 0.6 is 45.3 Å². The Morgan fingerprint density at radius 3 is 0.867 bits per heavy atom. The molecule has 0 atom stereocenters. The van der Waals surface area contributed by atoms with E-state index in [0.717, 1.165) is 45.3 Å². The van der Waals surface area contributed by atoms with Crippen LogP contribution in [0.15, 0.2) is 143 Å². The highest BCUT2D eigenvalue weighted by Crippen LogP contribution is 2.31. The van der Waals surface area contributed by atoms with E-state index in [1.807, 2.05) is 24.3 Å². The van der Waals surface area contributed by atoms with Gasteiger partial charge in [-0.1, -0.05) is 72.8 Å². The van der Waals surface area contributed by atoms with E-state index in [9.17, 15) is 62.3 Å². The molecule has 0 aliphatic carbocycles. The van der Waals surface area contributed by atoms with Gasteiger partial charge in [-0.05, 0) is 24.3 Å². The standard InChI is InChI=1S/C24H28N2O9S.C23H26N2O9S.C22H24N2O8S.C20H18N2O8S/c1-30-7-8-32-9-10-33-11-12-34-14-21(27)35-16-26-13-18(17-5-3-4-6-20(17)26)22(28)23-25-19(15-36-23)24(29)31-2;1-29-7-8-31-9-10-32-11-12-33-23(28)34-15-25-13-17(16-5-3-4-6-19(16)25)20(26)21-24-18(14-35-21)22(27)30-2;1-28-7-8-30-9-10-31-12-19(25)32-14-24-11-16(15-5-3-4-6-18(15)24)20(26)21-23-17(13-33-21)22(27)29-2;1-27-16(23)10-29-7-8-30-20(26)22-9-13(12-5-3-4-6-15(12)22)17(24)18-21-14(11-31-18)19(25)28-2/h3-6,13,15H,7-12,14,16H2,1-2H3;3-6,13-14H,7-12,15H2,1-2H3;3-6,11,13H,7-10,12,14H2,1-2H3;3-6,9,11H,7-8,10H2,1-2H3. The van der Waals surface area contributed by atoms with Crippen LogP contribution in [0.2, 0.25) is 0 Å². The highest BCUT2D eigenvalue weighted by Gasteiger charge is 2.28. The van der Waals surface area contributed by atoms with Crippen LogP contribution in [-0.4, -0.2) is 311 Å². The molecule has 8 heterocycles. The maximum Gasteiger partial charge on any atom is 0.510 e. The summed E-state index contributed by atoms with van der Waals surface area (Å²) in [6.45, 7) is 4.91. The minimum Gasteiger partial charge on any atom is -0.467 e. The van der Waals surface area contributed by atoms with Crippen LogP contribution in [0.3, 0.4) is 0 Å². The summed E-state index contributed by atoms with van der Waals surface area (Å²) in [5.41, 5.74) is 4.20. The predicted octanol–water partition coefficient (Wildman–Crippen LogP) is 9.80. The number of hydrogen-bond acceptors (Lipinski definition) is 42. The van der Waals surface area contributed by atoms with Crippen LogP contribution in [0.5, 0.6) is 0 Å². The molecule has 0 amide bonds. The number of para-hydroxylation sites is 4. The van der Waals surface area contributed by atoms with E-state index < -0.39 is 59.8 Å². The molecule has 4 aromatic carbocycles. The van der Waals surface area contributed by atoms with Crippen molar-refractivity contribution in [2.24, 2.45) is 0 Å². The summed E-state index contributed by atoms with van der Waals surface area (Å²) in [6, 6.07) is 28.5. The zero-order valence-electron chi connectivity index (χ0n) is 74.4. The van der Waals surface area contributed by atoms with E-state index in [2.05, 4.69) is 43.6 Å². The van der Waals surface area contributed by atoms with Crippen LogP contribution in [0.25, 0.3) is 43.6 Å². The van der Waals surface area contributed by atoms with E-state index >= 15 is 0 Å². The molecule has 12 aromatic rings. The second-order valence-electron chi connectivity index (χ2n) is 27.0. The number of aromatic nitrogens is 8. The SMILES string of the molecule is COC(=O)COCCOC(=O)n1cc(C(=O)c2nc(C(=O)OC)cs2)c2ccccc21.COCCOCCOCC(=O)OCn1cc(C(=O)c2nc(C(=O)OC)cs2)c2ccccc21.COCCOCCOCCOC(=O)OCn1cc(C(=O)c2nc(C(=O)OC)cs2)c2ccccc21.COCCOCCOCCOCC(=O)OCn1cc(C(=O)c2nc(C(=O)OC)cs2)c2ccccc21. The van der Waals surface area contributed by atoms with Crippen molar-refractivity contribution >= 4 is 166 Å². The molecule has 0 aliphatic rings. The summed E-state index contributed by atoms with van der Waals surface area (Å²) >= 11 is 4.17. The molecule has 46 heteroatoms. The Balaban J connectivity index is 0.000000202. The van der Waals surface area contributed by atoms with Crippen LogP contribution in [-0.2, 0) is 134 Å². The number of esters is 7. The Morgan fingerprint density at radius 1 is 0.274 bits per heavy atom. The van der Waals surface area contributed by atoms with Gasteiger partial charge in [-0.25, -0.2) is 63.1 Å². The average Bonchev–Trinajstić information content (AvgIpc) is 1.64. The lowest BCUT2D eigenvalue weighted by atomic mass is 10.1. The third-order valence-corrected chi connectivity index (χ3v) is 21.6. The van der Waals surface area contributed by atoms with Crippen molar-refractivity contribution in [2.75, 3.05) is 196 Å². The highest BCUT2D eigenvalue weighted by atomic mass is 32.1. The van der Waals surface area contributed by atoms with Crippen molar-refractivity contribution in [3.8, 4) is 0 Å². The average molecular weight is 1950 g/mol. The Hall–Kier alpha value is -13.2. The molecule has 12 rings (SSSR count). The van der Waals surface area contributed by atoms with Crippen molar-refractivity contribution in [3.05, 3.63) is 208 Å². The summed E-state index contributed by atoms with van der Waals surface area (Å²) in [6.07, 6.45) is 4.56. The van der Waals surface area contributed by atoms with Gasteiger partial charge in [-0.3, -0.25) is 23.7 Å². The fourth-order valence-corrected chi connectivity index (χ4v) is 14.7. The Labute approximate surface area is 786 Å². The smallest absolute Gasteiger partial charge is 0.467 e. The van der Waals surface area contributed by atoms with Crippen LogP contribution < -0.4 is 0 Å². The zero-order chi connectivity index (χ0) is 96.8. The van der Waals surface area contributed by atoms with Gasteiger partial charge in [0, 0.05) is 89.2 Å². The van der Waals surface area contributed by atoms with Gasteiger partial charge >= 0.3 is 54.0 Å². The molecule has 0 radical (unpaired) electrons. The molecule has 8 aromatic heterocycles. The summed E-state index contributed by atoms with van der Waals surface area (Å²) in [5, 5.41) is 8.95. The molecule has 0 aliphatic heterocycles. The van der Waals surface area contributed by atoms with Crippen molar-refractivity contribution in [3.63, 3.8) is 0 Å². The van der Waals surface area contributed by atoms with Gasteiger partial charge in [0.1, 0.15) is 33.0 Å². The lowest BCUT2D eigenvalue weighted by molar-refractivity contribution is -0.154. The molecular formula is C89H96N8O34S4. The first kappa shape index (κ1) is 106. The molecule has 720 valence electrons. The number of thiazole rings is 4. The Bertz CT molecular complexity index is 5960. The van der Waals surface area contributed by atoms with Crippen molar-refractivity contribution in [2.45, 2.75) is 20.2 Å². The number of carbonyl (C=O) groups is 13. The largest absolute Gasteiger partial charge is 0.510 e. The number of benzene rings is 4. The van der Waals surface area contributed by atoms with Crippen LogP contribution in [0.1, 0.15) is 103 Å². The van der Waals surface area contributed by atoms with Gasteiger partial charge in [-0.2, -0.15) is 0 Å². The van der Waals surface area contributed by atoms with Gasteiger partial charge in [0.15, 0.2) is 63.0 Å². The number of rotatable bonds is 51. The Kier molecular flexibility index (Phi) is 44.4. The summed E-state index contributed by atoms with van der Waals surface area (Å²) < 4.78 is 112.